The molecular weight excluding hydrogens is 336 g/mol. The zero-order valence-corrected chi connectivity index (χ0v) is 16.2. The largest absolute Gasteiger partial charge is 0.492 e. The summed E-state index contributed by atoms with van der Waals surface area (Å²) in [5.41, 5.74) is 4.11. The summed E-state index contributed by atoms with van der Waals surface area (Å²) in [7, 11) is 0. The predicted molar refractivity (Wildman–Crippen MR) is 108 cm³/mol. The van der Waals surface area contributed by atoms with E-state index in [4.69, 9.17) is 4.74 Å². The number of nitrogens with zero attached hydrogens (tertiary/aromatic N) is 1. The van der Waals surface area contributed by atoms with Crippen LogP contribution in [0.2, 0.25) is 0 Å². The van der Waals surface area contributed by atoms with Crippen molar-refractivity contribution in [1.82, 2.24) is 10.2 Å². The summed E-state index contributed by atoms with van der Waals surface area (Å²) in [6, 6.07) is 14.9. The number of benzene rings is 2. The van der Waals surface area contributed by atoms with Crippen LogP contribution in [0.15, 0.2) is 42.5 Å². The number of fused-ring (bicyclic) bond motifs is 1. The van der Waals surface area contributed by atoms with E-state index in [9.17, 15) is 4.79 Å². The molecule has 1 fully saturated rings. The third kappa shape index (κ3) is 4.01. The first-order valence-corrected chi connectivity index (χ1v) is 10.0. The monoisotopic (exact) mass is 364 g/mol. The van der Waals surface area contributed by atoms with E-state index in [0.29, 0.717) is 11.6 Å². The van der Waals surface area contributed by atoms with Crippen molar-refractivity contribution in [1.29, 1.82) is 0 Å². The van der Waals surface area contributed by atoms with Crippen molar-refractivity contribution in [3.05, 3.63) is 53.6 Å². The van der Waals surface area contributed by atoms with Crippen molar-refractivity contribution in [2.24, 2.45) is 0 Å². The molecule has 2 aromatic carbocycles. The van der Waals surface area contributed by atoms with Gasteiger partial charge in [0.25, 0.3) is 5.91 Å². The lowest BCUT2D eigenvalue weighted by atomic mass is 9.96. The Labute approximate surface area is 161 Å². The first-order valence-electron chi connectivity index (χ1n) is 10.0. The molecule has 1 saturated heterocycles. The minimum Gasteiger partial charge on any atom is -0.492 e. The number of nitrogens with one attached hydrogen (secondary N) is 1. The van der Waals surface area contributed by atoms with Crippen LogP contribution in [0.3, 0.4) is 0 Å². The van der Waals surface area contributed by atoms with Crippen LogP contribution < -0.4 is 10.1 Å². The number of rotatable bonds is 4. The van der Waals surface area contributed by atoms with Gasteiger partial charge in [0.2, 0.25) is 0 Å². The molecule has 0 aromatic heterocycles. The molecule has 0 spiro atoms. The Morgan fingerprint density at radius 3 is 2.67 bits per heavy atom. The lowest BCUT2D eigenvalue weighted by Crippen LogP contribution is -2.41. The van der Waals surface area contributed by atoms with E-state index >= 15 is 0 Å². The lowest BCUT2D eigenvalue weighted by Gasteiger charge is -2.32. The zero-order valence-electron chi connectivity index (χ0n) is 16.2. The molecule has 0 radical (unpaired) electrons. The highest BCUT2D eigenvalue weighted by Gasteiger charge is 2.27. The number of ether oxygens (including phenoxy) is 1. The Morgan fingerprint density at radius 2 is 1.89 bits per heavy atom. The molecule has 4 nitrogen and oxygen atoms in total. The second kappa shape index (κ2) is 7.73. The molecule has 0 saturated carbocycles. The first-order chi connectivity index (χ1) is 13.1. The molecule has 1 atom stereocenters. The minimum atomic E-state index is -0.0329. The van der Waals surface area contributed by atoms with Gasteiger partial charge in [0.15, 0.2) is 0 Å². The van der Waals surface area contributed by atoms with Gasteiger partial charge in [0.05, 0.1) is 0 Å². The van der Waals surface area contributed by atoms with E-state index in [1.54, 1.807) is 0 Å². The SMILES string of the molecule is CC(C)NC(=O)c1cccc(-c2ccc3c(c2)OCC(N2CCCC2)C3)c1. The molecule has 1 N–H and O–H groups in total. The summed E-state index contributed by atoms with van der Waals surface area (Å²) >= 11 is 0. The summed E-state index contributed by atoms with van der Waals surface area (Å²) in [6.45, 7) is 7.11. The molecule has 4 heteroatoms. The van der Waals surface area contributed by atoms with Crippen LogP contribution >= 0.6 is 0 Å². The maximum absolute atomic E-state index is 12.3. The van der Waals surface area contributed by atoms with E-state index in [2.05, 4.69) is 28.4 Å². The van der Waals surface area contributed by atoms with E-state index in [1.165, 1.54) is 31.5 Å². The Balaban J connectivity index is 1.53. The molecule has 1 amide bonds. The molecule has 27 heavy (non-hydrogen) atoms. The van der Waals surface area contributed by atoms with Crippen molar-refractivity contribution in [2.45, 2.75) is 45.2 Å². The number of carbonyl (C=O) groups is 1. The summed E-state index contributed by atoms with van der Waals surface area (Å²) < 4.78 is 6.12. The minimum absolute atomic E-state index is 0.0329. The maximum atomic E-state index is 12.3. The van der Waals surface area contributed by atoms with Gasteiger partial charge in [-0.2, -0.15) is 0 Å². The fourth-order valence-electron chi connectivity index (χ4n) is 4.06. The molecule has 4 rings (SSSR count). The van der Waals surface area contributed by atoms with Crippen molar-refractivity contribution in [2.75, 3.05) is 19.7 Å². The van der Waals surface area contributed by atoms with Crippen LogP contribution in [0.1, 0.15) is 42.6 Å². The first kappa shape index (κ1) is 18.1. The zero-order chi connectivity index (χ0) is 18.8. The number of hydrogen-bond acceptors (Lipinski definition) is 3. The third-order valence-corrected chi connectivity index (χ3v) is 5.49. The van der Waals surface area contributed by atoms with Gasteiger partial charge >= 0.3 is 0 Å². The van der Waals surface area contributed by atoms with Gasteiger partial charge < -0.3 is 10.1 Å². The highest BCUT2D eigenvalue weighted by atomic mass is 16.5. The van der Waals surface area contributed by atoms with Gasteiger partial charge in [-0.25, -0.2) is 0 Å². The quantitative estimate of drug-likeness (QED) is 0.895. The molecule has 0 bridgehead atoms. The van der Waals surface area contributed by atoms with Crippen molar-refractivity contribution in [3.8, 4) is 16.9 Å². The standard InChI is InChI=1S/C23H28N2O2/c1-16(2)24-23(26)20-7-5-6-17(12-20)18-8-9-19-13-21(15-27-22(19)14-18)25-10-3-4-11-25/h5-9,12,14,16,21H,3-4,10-11,13,15H2,1-2H3,(H,24,26). The van der Waals surface area contributed by atoms with Gasteiger partial charge in [-0.15, -0.1) is 0 Å². The fourth-order valence-corrected chi connectivity index (χ4v) is 4.06. The van der Waals surface area contributed by atoms with Gasteiger partial charge in [-0.1, -0.05) is 24.3 Å². The molecule has 2 aromatic rings. The number of hydrogen-bond donors (Lipinski definition) is 1. The normalized spacial score (nSPS) is 19.6. The average Bonchev–Trinajstić information content (AvgIpc) is 3.21. The number of carbonyl (C=O) groups excluding carboxylic acids is 1. The third-order valence-electron chi connectivity index (χ3n) is 5.49. The maximum Gasteiger partial charge on any atom is 0.251 e. The van der Waals surface area contributed by atoms with E-state index < -0.39 is 0 Å². The van der Waals surface area contributed by atoms with E-state index in [0.717, 1.165) is 29.9 Å². The predicted octanol–water partition coefficient (Wildman–Crippen LogP) is 3.89. The molecule has 1 unspecified atom stereocenters. The lowest BCUT2D eigenvalue weighted by molar-refractivity contribution is 0.0943. The van der Waals surface area contributed by atoms with Crippen LogP contribution in [-0.4, -0.2) is 42.6 Å². The Hall–Kier alpha value is -2.33. The van der Waals surface area contributed by atoms with E-state index in [1.807, 2.05) is 38.1 Å². The molecule has 142 valence electrons. The Kier molecular flexibility index (Phi) is 5.17. The van der Waals surface area contributed by atoms with Crippen molar-refractivity contribution >= 4 is 5.91 Å². The van der Waals surface area contributed by atoms with Crippen molar-refractivity contribution in [3.63, 3.8) is 0 Å². The Bertz CT molecular complexity index is 825. The summed E-state index contributed by atoms with van der Waals surface area (Å²) in [6.07, 6.45) is 3.68. The van der Waals surface area contributed by atoms with Crippen LogP contribution in [-0.2, 0) is 6.42 Å². The topological polar surface area (TPSA) is 41.6 Å². The summed E-state index contributed by atoms with van der Waals surface area (Å²) in [4.78, 5) is 14.9. The summed E-state index contributed by atoms with van der Waals surface area (Å²) in [5.74, 6) is 0.953. The van der Waals surface area contributed by atoms with Crippen molar-refractivity contribution < 1.29 is 9.53 Å². The van der Waals surface area contributed by atoms with Crippen LogP contribution in [0.5, 0.6) is 5.75 Å². The molecule has 2 heterocycles. The Morgan fingerprint density at radius 1 is 1.11 bits per heavy atom. The fraction of sp³-hybridized carbons (Fsp3) is 0.435. The highest BCUT2D eigenvalue weighted by molar-refractivity contribution is 5.95. The van der Waals surface area contributed by atoms with Crippen LogP contribution in [0.25, 0.3) is 11.1 Å². The second-order valence-corrected chi connectivity index (χ2v) is 7.94. The highest BCUT2D eigenvalue weighted by Crippen LogP contribution is 2.32. The van der Waals surface area contributed by atoms with Gasteiger partial charge in [-0.05, 0) is 81.1 Å². The average molecular weight is 364 g/mol. The van der Waals surface area contributed by atoms with Gasteiger partial charge in [0, 0.05) is 17.6 Å². The van der Waals surface area contributed by atoms with E-state index in [-0.39, 0.29) is 11.9 Å². The molecular formula is C23H28N2O2. The second-order valence-electron chi connectivity index (χ2n) is 7.94. The smallest absolute Gasteiger partial charge is 0.251 e. The number of amides is 1. The molecule has 2 aliphatic rings. The van der Waals surface area contributed by atoms with Crippen LogP contribution in [0, 0.1) is 0 Å². The van der Waals surface area contributed by atoms with Gasteiger partial charge in [-0.3, -0.25) is 9.69 Å². The summed E-state index contributed by atoms with van der Waals surface area (Å²) in [5, 5.41) is 2.95. The van der Waals surface area contributed by atoms with Crippen LogP contribution in [0.4, 0.5) is 0 Å². The van der Waals surface area contributed by atoms with Gasteiger partial charge in [0.1, 0.15) is 12.4 Å². The molecule has 0 aliphatic carbocycles. The molecule has 2 aliphatic heterocycles. The number of likely N-dealkylation sites (tertiary alicyclic amines) is 1.